The molecule has 0 aromatic heterocycles. The average molecular weight is 258 g/mol. The van der Waals surface area contributed by atoms with Crippen molar-refractivity contribution in [3.63, 3.8) is 0 Å². The molecule has 0 aliphatic carbocycles. The summed E-state index contributed by atoms with van der Waals surface area (Å²) < 4.78 is 19.5. The van der Waals surface area contributed by atoms with Gasteiger partial charge >= 0.3 is 0 Å². The van der Waals surface area contributed by atoms with Crippen LogP contribution in [0.5, 0.6) is 5.75 Å². The molecule has 0 saturated heterocycles. The molecule has 2 heteroatoms. The van der Waals surface area contributed by atoms with Crippen LogP contribution < -0.4 is 4.74 Å². The number of benzene rings is 2. The zero-order valence-corrected chi connectivity index (χ0v) is 11.6. The minimum absolute atomic E-state index is 0.181. The fraction of sp³-hybridized carbons (Fsp3) is 0.294. The van der Waals surface area contributed by atoms with Gasteiger partial charge in [-0.2, -0.15) is 0 Å². The highest BCUT2D eigenvalue weighted by atomic mass is 19.1. The number of hydrogen-bond donors (Lipinski definition) is 0. The van der Waals surface area contributed by atoms with Crippen molar-refractivity contribution in [2.75, 3.05) is 0 Å². The van der Waals surface area contributed by atoms with Gasteiger partial charge in [0.25, 0.3) is 0 Å². The predicted octanol–water partition coefficient (Wildman–Crippen LogP) is 4.70. The summed E-state index contributed by atoms with van der Waals surface area (Å²) in [7, 11) is 0. The summed E-state index contributed by atoms with van der Waals surface area (Å²) in [5.41, 5.74) is 1.55. The lowest BCUT2D eigenvalue weighted by Crippen LogP contribution is -2.13. The monoisotopic (exact) mass is 258 g/mol. The van der Waals surface area contributed by atoms with Crippen molar-refractivity contribution < 1.29 is 9.13 Å². The van der Waals surface area contributed by atoms with E-state index in [4.69, 9.17) is 4.74 Å². The second kappa shape index (κ2) is 5.43. The Hall–Kier alpha value is -1.83. The molecule has 0 unspecified atom stereocenters. The van der Waals surface area contributed by atoms with Crippen LogP contribution in [-0.2, 0) is 12.0 Å². The second-order valence-corrected chi connectivity index (χ2v) is 5.67. The van der Waals surface area contributed by atoms with E-state index in [1.165, 1.54) is 6.07 Å². The summed E-state index contributed by atoms with van der Waals surface area (Å²) in [4.78, 5) is 0. The second-order valence-electron chi connectivity index (χ2n) is 5.67. The molecule has 0 atom stereocenters. The van der Waals surface area contributed by atoms with Crippen molar-refractivity contribution in [2.24, 2.45) is 0 Å². The molecular formula is C17H19FO. The predicted molar refractivity (Wildman–Crippen MR) is 75.9 cm³/mol. The van der Waals surface area contributed by atoms with E-state index in [2.05, 4.69) is 0 Å². The van der Waals surface area contributed by atoms with Crippen molar-refractivity contribution in [2.45, 2.75) is 32.8 Å². The molecule has 1 nitrogen and oxygen atoms in total. The van der Waals surface area contributed by atoms with Crippen LogP contribution in [-0.4, -0.2) is 0 Å². The van der Waals surface area contributed by atoms with E-state index in [1.54, 1.807) is 12.1 Å². The average Bonchev–Trinajstić information content (AvgIpc) is 2.37. The fourth-order valence-corrected chi connectivity index (χ4v) is 1.91. The van der Waals surface area contributed by atoms with E-state index in [0.29, 0.717) is 17.9 Å². The Labute approximate surface area is 114 Å². The van der Waals surface area contributed by atoms with E-state index < -0.39 is 0 Å². The summed E-state index contributed by atoms with van der Waals surface area (Å²) in [6.45, 7) is 6.47. The standard InChI is InChI=1S/C17H19FO/c1-17(2,3)15-11-14(9-10-16(15)18)19-12-13-7-5-4-6-8-13/h4-11H,12H2,1-3H3. The maximum absolute atomic E-state index is 13.8. The lowest BCUT2D eigenvalue weighted by molar-refractivity contribution is 0.304. The van der Waals surface area contributed by atoms with Gasteiger partial charge in [0.1, 0.15) is 18.2 Å². The number of ether oxygens (including phenoxy) is 1. The van der Waals surface area contributed by atoms with Crippen LogP contribution in [0.4, 0.5) is 4.39 Å². The molecule has 0 aliphatic heterocycles. The first-order valence-electron chi connectivity index (χ1n) is 6.43. The Balaban J connectivity index is 2.14. The third-order valence-corrected chi connectivity index (χ3v) is 2.99. The zero-order valence-electron chi connectivity index (χ0n) is 11.6. The van der Waals surface area contributed by atoms with Crippen LogP contribution >= 0.6 is 0 Å². The number of halogens is 1. The van der Waals surface area contributed by atoms with Gasteiger partial charge in [0.15, 0.2) is 0 Å². The summed E-state index contributed by atoms with van der Waals surface area (Å²) in [6.07, 6.45) is 0. The third kappa shape index (κ3) is 3.57. The molecule has 2 aromatic carbocycles. The van der Waals surface area contributed by atoms with Gasteiger partial charge in [0.2, 0.25) is 0 Å². The Morgan fingerprint density at radius 2 is 1.68 bits per heavy atom. The van der Waals surface area contributed by atoms with Crippen LogP contribution in [0.2, 0.25) is 0 Å². The Morgan fingerprint density at radius 3 is 2.32 bits per heavy atom. The van der Waals surface area contributed by atoms with Gasteiger partial charge in [-0.15, -0.1) is 0 Å². The van der Waals surface area contributed by atoms with Crippen LogP contribution in [0.3, 0.4) is 0 Å². The van der Waals surface area contributed by atoms with Crippen LogP contribution in [0.1, 0.15) is 31.9 Å². The Bertz CT molecular complexity index is 541. The number of rotatable bonds is 3. The highest BCUT2D eigenvalue weighted by molar-refractivity contribution is 5.34. The first-order chi connectivity index (χ1) is 8.97. The number of hydrogen-bond acceptors (Lipinski definition) is 1. The topological polar surface area (TPSA) is 9.23 Å². The van der Waals surface area contributed by atoms with Crippen LogP contribution in [0.15, 0.2) is 48.5 Å². The maximum Gasteiger partial charge on any atom is 0.127 e. The molecule has 0 saturated carbocycles. The molecule has 0 amide bonds. The first-order valence-corrected chi connectivity index (χ1v) is 6.43. The molecule has 2 aromatic rings. The Kier molecular flexibility index (Phi) is 3.89. The molecule has 0 fully saturated rings. The van der Waals surface area contributed by atoms with E-state index in [-0.39, 0.29) is 11.2 Å². The van der Waals surface area contributed by atoms with E-state index in [0.717, 1.165) is 5.56 Å². The summed E-state index contributed by atoms with van der Waals surface area (Å²) in [5.74, 6) is 0.523. The van der Waals surface area contributed by atoms with Crippen molar-refractivity contribution in [3.8, 4) is 5.75 Å². The minimum Gasteiger partial charge on any atom is -0.489 e. The van der Waals surface area contributed by atoms with Gasteiger partial charge < -0.3 is 4.74 Å². The van der Waals surface area contributed by atoms with Gasteiger partial charge in [0.05, 0.1) is 0 Å². The smallest absolute Gasteiger partial charge is 0.127 e. The minimum atomic E-state index is -0.226. The van der Waals surface area contributed by atoms with E-state index in [9.17, 15) is 4.39 Å². The van der Waals surface area contributed by atoms with Crippen molar-refractivity contribution in [3.05, 3.63) is 65.5 Å². The van der Waals surface area contributed by atoms with Gasteiger partial charge in [-0.25, -0.2) is 4.39 Å². The molecule has 2 rings (SSSR count). The van der Waals surface area contributed by atoms with Crippen LogP contribution in [0, 0.1) is 5.82 Å². The van der Waals surface area contributed by atoms with Gasteiger partial charge in [0, 0.05) is 0 Å². The molecule has 0 bridgehead atoms. The highest BCUT2D eigenvalue weighted by Crippen LogP contribution is 2.28. The lowest BCUT2D eigenvalue weighted by atomic mass is 9.86. The largest absolute Gasteiger partial charge is 0.489 e. The van der Waals surface area contributed by atoms with Crippen LogP contribution in [0.25, 0.3) is 0 Å². The molecule has 0 heterocycles. The molecule has 0 spiro atoms. The molecular weight excluding hydrogens is 239 g/mol. The van der Waals surface area contributed by atoms with E-state index >= 15 is 0 Å². The zero-order chi connectivity index (χ0) is 13.9. The van der Waals surface area contributed by atoms with Crippen molar-refractivity contribution >= 4 is 0 Å². The third-order valence-electron chi connectivity index (χ3n) is 2.99. The summed E-state index contributed by atoms with van der Waals surface area (Å²) in [5, 5.41) is 0. The van der Waals surface area contributed by atoms with Gasteiger partial charge in [-0.1, -0.05) is 51.1 Å². The lowest BCUT2D eigenvalue weighted by Gasteiger charge is -2.20. The summed E-state index contributed by atoms with van der Waals surface area (Å²) in [6, 6.07) is 14.9. The molecule has 0 aliphatic rings. The van der Waals surface area contributed by atoms with Gasteiger partial charge in [-0.05, 0) is 34.7 Å². The first kappa shape index (κ1) is 13.6. The molecule has 0 radical (unpaired) electrons. The Morgan fingerprint density at radius 1 is 1.00 bits per heavy atom. The van der Waals surface area contributed by atoms with E-state index in [1.807, 2.05) is 51.1 Å². The molecule has 0 N–H and O–H groups in total. The van der Waals surface area contributed by atoms with Crippen molar-refractivity contribution in [1.29, 1.82) is 0 Å². The van der Waals surface area contributed by atoms with Gasteiger partial charge in [-0.3, -0.25) is 0 Å². The maximum atomic E-state index is 13.8. The normalized spacial score (nSPS) is 11.4. The van der Waals surface area contributed by atoms with Crippen molar-refractivity contribution in [1.82, 2.24) is 0 Å². The fourth-order valence-electron chi connectivity index (χ4n) is 1.91. The highest BCUT2D eigenvalue weighted by Gasteiger charge is 2.19. The summed E-state index contributed by atoms with van der Waals surface area (Å²) >= 11 is 0. The molecule has 100 valence electrons. The quantitative estimate of drug-likeness (QED) is 0.775. The SMILES string of the molecule is CC(C)(C)c1cc(OCc2ccccc2)ccc1F. The molecule has 19 heavy (non-hydrogen) atoms.